The lowest BCUT2D eigenvalue weighted by atomic mass is 10.1. The number of benzene rings is 2. The zero-order valence-electron chi connectivity index (χ0n) is 13.3. The minimum atomic E-state index is 0.177. The molecular weight excluding hydrogens is 284 g/mol. The summed E-state index contributed by atoms with van der Waals surface area (Å²) in [6.07, 6.45) is 0. The van der Waals surface area contributed by atoms with Crippen molar-refractivity contribution < 1.29 is 23.7 Å². The molecule has 0 amide bonds. The first-order valence-corrected chi connectivity index (χ1v) is 7.32. The Labute approximate surface area is 130 Å². The van der Waals surface area contributed by atoms with E-state index >= 15 is 0 Å². The fourth-order valence-corrected chi connectivity index (χ4v) is 2.08. The maximum atomic E-state index is 5.73. The molecule has 0 heterocycles. The highest BCUT2D eigenvalue weighted by Crippen LogP contribution is 2.41. The third kappa shape index (κ3) is 3.81. The average Bonchev–Trinajstić information content (AvgIpc) is 2.56. The van der Waals surface area contributed by atoms with Gasteiger partial charge in [-0.15, -0.1) is 0 Å². The van der Waals surface area contributed by atoms with E-state index in [9.17, 15) is 0 Å². The second-order valence-corrected chi connectivity index (χ2v) is 4.46. The molecule has 0 aliphatic rings. The summed E-state index contributed by atoms with van der Waals surface area (Å²) >= 11 is 0. The van der Waals surface area contributed by atoms with Gasteiger partial charge < -0.3 is 23.7 Å². The highest BCUT2D eigenvalue weighted by atomic mass is 16.7. The van der Waals surface area contributed by atoms with E-state index in [-0.39, 0.29) is 13.6 Å². The number of hydrogen-bond acceptors (Lipinski definition) is 5. The highest BCUT2D eigenvalue weighted by Gasteiger charge is 2.15. The quantitative estimate of drug-likeness (QED) is 0.523. The maximum absolute atomic E-state index is 5.73. The molecule has 0 fully saturated rings. The Morgan fingerprint density at radius 3 is 2.09 bits per heavy atom. The van der Waals surface area contributed by atoms with Crippen LogP contribution in [0.15, 0.2) is 30.3 Å². The summed E-state index contributed by atoms with van der Waals surface area (Å²) in [5.41, 5.74) is 0. The topological polar surface area (TPSA) is 46.2 Å². The Bertz CT molecular complexity index is 597. The van der Waals surface area contributed by atoms with Crippen LogP contribution in [-0.4, -0.2) is 33.9 Å². The molecule has 2 rings (SSSR count). The van der Waals surface area contributed by atoms with Crippen molar-refractivity contribution in [1.82, 2.24) is 0 Å². The fourth-order valence-electron chi connectivity index (χ4n) is 2.08. The van der Waals surface area contributed by atoms with Gasteiger partial charge in [0.2, 0.25) is 0 Å². The van der Waals surface area contributed by atoms with Crippen LogP contribution in [0.2, 0.25) is 0 Å². The van der Waals surface area contributed by atoms with Crippen molar-refractivity contribution in [2.45, 2.75) is 13.8 Å². The van der Waals surface area contributed by atoms with Gasteiger partial charge in [0, 0.05) is 30.1 Å². The van der Waals surface area contributed by atoms with Crippen molar-refractivity contribution in [3.63, 3.8) is 0 Å². The molecule has 0 atom stereocenters. The van der Waals surface area contributed by atoms with E-state index in [4.69, 9.17) is 23.7 Å². The van der Waals surface area contributed by atoms with Gasteiger partial charge in [0.15, 0.2) is 25.1 Å². The van der Waals surface area contributed by atoms with Gasteiger partial charge in [0.25, 0.3) is 0 Å². The third-order valence-electron chi connectivity index (χ3n) is 3.14. The molecule has 0 saturated heterocycles. The molecule has 0 aromatic heterocycles. The van der Waals surface area contributed by atoms with Crippen molar-refractivity contribution in [3.8, 4) is 17.2 Å². The van der Waals surface area contributed by atoms with Crippen molar-refractivity contribution >= 4 is 10.8 Å². The summed E-state index contributed by atoms with van der Waals surface area (Å²) < 4.78 is 27.4. The molecule has 2 aromatic rings. The van der Waals surface area contributed by atoms with Gasteiger partial charge in [-0.1, -0.05) is 24.3 Å². The maximum Gasteiger partial charge on any atom is 0.189 e. The average molecular weight is 306 g/mol. The Hall–Kier alpha value is -1.98. The molecule has 0 N–H and O–H groups in total. The van der Waals surface area contributed by atoms with Crippen molar-refractivity contribution in [1.29, 1.82) is 0 Å². The molecule has 0 bridgehead atoms. The Kier molecular flexibility index (Phi) is 6.30. The monoisotopic (exact) mass is 306 g/mol. The molecule has 120 valence electrons. The Balaban J connectivity index is 2.39. The van der Waals surface area contributed by atoms with Gasteiger partial charge >= 0.3 is 0 Å². The summed E-state index contributed by atoms with van der Waals surface area (Å²) in [6, 6.07) is 9.65. The van der Waals surface area contributed by atoms with Crippen LogP contribution in [0.1, 0.15) is 13.8 Å². The third-order valence-corrected chi connectivity index (χ3v) is 3.14. The van der Waals surface area contributed by atoms with Crippen LogP contribution in [0.5, 0.6) is 17.2 Å². The molecule has 0 unspecified atom stereocenters. The van der Waals surface area contributed by atoms with Gasteiger partial charge in [0.05, 0.1) is 7.11 Å². The van der Waals surface area contributed by atoms with Crippen LogP contribution in [0.4, 0.5) is 0 Å². The zero-order valence-corrected chi connectivity index (χ0v) is 13.3. The van der Waals surface area contributed by atoms with Gasteiger partial charge in [-0.25, -0.2) is 0 Å². The Morgan fingerprint density at radius 1 is 0.818 bits per heavy atom. The number of ether oxygens (including phenoxy) is 5. The molecule has 0 aliphatic heterocycles. The van der Waals surface area contributed by atoms with E-state index in [1.54, 1.807) is 7.11 Å². The molecule has 2 aromatic carbocycles. The number of methoxy groups -OCH3 is 1. The number of fused-ring (bicyclic) bond motifs is 1. The number of hydrogen-bond donors (Lipinski definition) is 0. The zero-order chi connectivity index (χ0) is 15.8. The molecule has 0 radical (unpaired) electrons. The number of rotatable bonds is 9. The van der Waals surface area contributed by atoms with Crippen LogP contribution >= 0.6 is 0 Å². The van der Waals surface area contributed by atoms with Gasteiger partial charge in [-0.05, 0) is 13.8 Å². The van der Waals surface area contributed by atoms with E-state index in [1.807, 2.05) is 44.2 Å². The van der Waals surface area contributed by atoms with E-state index < -0.39 is 0 Å². The first kappa shape index (κ1) is 16.4. The van der Waals surface area contributed by atoms with Gasteiger partial charge in [-0.3, -0.25) is 0 Å². The van der Waals surface area contributed by atoms with Crippen LogP contribution < -0.4 is 14.2 Å². The van der Waals surface area contributed by atoms with E-state index in [0.29, 0.717) is 30.5 Å². The van der Waals surface area contributed by atoms with Crippen molar-refractivity contribution in [2.75, 3.05) is 33.9 Å². The molecule has 5 heteroatoms. The summed E-state index contributed by atoms with van der Waals surface area (Å²) in [7, 11) is 1.60. The summed E-state index contributed by atoms with van der Waals surface area (Å²) in [4.78, 5) is 0. The van der Waals surface area contributed by atoms with E-state index in [1.165, 1.54) is 0 Å². The van der Waals surface area contributed by atoms with Crippen molar-refractivity contribution in [2.24, 2.45) is 0 Å². The smallest absolute Gasteiger partial charge is 0.189 e. The highest BCUT2D eigenvalue weighted by molar-refractivity contribution is 5.95. The predicted octanol–water partition coefficient (Wildman–Crippen LogP) is 3.59. The molecule has 22 heavy (non-hydrogen) atoms. The van der Waals surface area contributed by atoms with Gasteiger partial charge in [-0.2, -0.15) is 0 Å². The lowest BCUT2D eigenvalue weighted by Gasteiger charge is -2.16. The van der Waals surface area contributed by atoms with Crippen molar-refractivity contribution in [3.05, 3.63) is 30.3 Å². The molecule has 0 saturated carbocycles. The normalized spacial score (nSPS) is 10.7. The van der Waals surface area contributed by atoms with Crippen LogP contribution in [0.3, 0.4) is 0 Å². The minimum absolute atomic E-state index is 0.177. The van der Waals surface area contributed by atoms with E-state index in [2.05, 4.69) is 0 Å². The van der Waals surface area contributed by atoms with Crippen LogP contribution in [0.25, 0.3) is 10.8 Å². The molecule has 5 nitrogen and oxygen atoms in total. The molecule has 0 spiro atoms. The lowest BCUT2D eigenvalue weighted by Crippen LogP contribution is -2.06. The largest absolute Gasteiger partial charge is 0.493 e. The van der Waals surface area contributed by atoms with Crippen LogP contribution in [-0.2, 0) is 9.47 Å². The molecule has 0 aliphatic carbocycles. The van der Waals surface area contributed by atoms with Gasteiger partial charge in [0.1, 0.15) is 5.75 Å². The fraction of sp³-hybridized carbons (Fsp3) is 0.412. The SMILES string of the molecule is CCOCOc1cc(OC)c(OCOCC)c2ccccc12. The van der Waals surface area contributed by atoms with E-state index in [0.717, 1.165) is 10.8 Å². The summed E-state index contributed by atoms with van der Waals surface area (Å²) in [5.74, 6) is 1.95. The minimum Gasteiger partial charge on any atom is -0.493 e. The first-order chi connectivity index (χ1) is 10.8. The second kappa shape index (κ2) is 8.46. The van der Waals surface area contributed by atoms with Crippen LogP contribution in [0, 0.1) is 0 Å². The second-order valence-electron chi connectivity index (χ2n) is 4.46. The lowest BCUT2D eigenvalue weighted by molar-refractivity contribution is 0.0201. The molecular formula is C17H22O5. The predicted molar refractivity (Wildman–Crippen MR) is 84.7 cm³/mol. The Morgan fingerprint density at radius 2 is 1.45 bits per heavy atom. The first-order valence-electron chi connectivity index (χ1n) is 7.32. The standard InChI is InChI=1S/C17H22O5/c1-4-19-11-21-15-10-16(18-3)17(22-12-20-5-2)14-9-7-6-8-13(14)15/h6-10H,4-5,11-12H2,1-3H3. The summed E-state index contributed by atoms with van der Waals surface area (Å²) in [5, 5.41) is 1.85. The summed E-state index contributed by atoms with van der Waals surface area (Å²) in [6.45, 7) is 5.41.